The lowest BCUT2D eigenvalue weighted by Crippen LogP contribution is -2.05. The average molecular weight is 383 g/mol. The maximum absolute atomic E-state index is 11.8. The van der Waals surface area contributed by atoms with Gasteiger partial charge >= 0.3 is 5.97 Å². The van der Waals surface area contributed by atoms with E-state index < -0.39 is 5.97 Å². The van der Waals surface area contributed by atoms with Gasteiger partial charge < -0.3 is 14.1 Å². The van der Waals surface area contributed by atoms with Crippen LogP contribution in [-0.4, -0.2) is 21.2 Å². The Hall–Kier alpha value is -2.12. The van der Waals surface area contributed by atoms with Crippen molar-refractivity contribution in [3.8, 4) is 11.5 Å². The smallest absolute Gasteiger partial charge is 0.355 e. The second-order valence-corrected chi connectivity index (χ2v) is 5.67. The van der Waals surface area contributed by atoms with Crippen molar-refractivity contribution >= 4 is 33.5 Å². The number of benzene rings is 1. The zero-order valence-electron chi connectivity index (χ0n) is 11.0. The van der Waals surface area contributed by atoms with Gasteiger partial charge in [0.05, 0.1) is 0 Å². The molecule has 0 saturated carbocycles. The molecule has 1 aromatic carbocycles. The molecule has 1 N–H and O–H groups in total. The maximum atomic E-state index is 11.8. The molecule has 0 saturated heterocycles. The van der Waals surface area contributed by atoms with E-state index in [2.05, 4.69) is 31.1 Å². The van der Waals surface area contributed by atoms with E-state index in [9.17, 15) is 4.79 Å². The summed E-state index contributed by atoms with van der Waals surface area (Å²) < 4.78 is 11.3. The standard InChI is InChI=1S/C14H9BrClN3O3/c15-9-5-11(17-6-9)14(20)21-7-12-18-19-13(22-12)8-1-3-10(16)4-2-8/h1-6,17H,7H2. The summed E-state index contributed by atoms with van der Waals surface area (Å²) in [6, 6.07) is 8.60. The molecule has 0 radical (unpaired) electrons. The van der Waals surface area contributed by atoms with E-state index in [1.165, 1.54) is 0 Å². The van der Waals surface area contributed by atoms with Gasteiger partial charge in [0.2, 0.25) is 5.89 Å². The second kappa shape index (κ2) is 6.33. The highest BCUT2D eigenvalue weighted by atomic mass is 79.9. The first-order chi connectivity index (χ1) is 10.6. The molecule has 2 aromatic heterocycles. The fourth-order valence-corrected chi connectivity index (χ4v) is 2.18. The third-order valence-electron chi connectivity index (χ3n) is 2.75. The molecule has 0 aliphatic heterocycles. The highest BCUT2D eigenvalue weighted by Gasteiger charge is 2.13. The Labute approximate surface area is 138 Å². The van der Waals surface area contributed by atoms with Crippen molar-refractivity contribution in [3.05, 3.63) is 57.6 Å². The molecule has 0 atom stereocenters. The van der Waals surface area contributed by atoms with Gasteiger partial charge in [-0.25, -0.2) is 4.79 Å². The Kier molecular flexibility index (Phi) is 4.26. The van der Waals surface area contributed by atoms with E-state index >= 15 is 0 Å². The minimum atomic E-state index is -0.503. The number of H-pyrrole nitrogens is 1. The van der Waals surface area contributed by atoms with Gasteiger partial charge in [-0.15, -0.1) is 10.2 Å². The van der Waals surface area contributed by atoms with E-state index in [4.69, 9.17) is 20.8 Å². The molecule has 112 valence electrons. The lowest BCUT2D eigenvalue weighted by molar-refractivity contribution is 0.0432. The third kappa shape index (κ3) is 3.37. The number of hydrogen-bond acceptors (Lipinski definition) is 5. The lowest BCUT2D eigenvalue weighted by atomic mass is 10.2. The number of ether oxygens (including phenoxy) is 1. The summed E-state index contributed by atoms with van der Waals surface area (Å²) >= 11 is 9.06. The summed E-state index contributed by atoms with van der Waals surface area (Å²) in [4.78, 5) is 14.5. The molecule has 3 rings (SSSR count). The van der Waals surface area contributed by atoms with Crippen molar-refractivity contribution in [2.75, 3.05) is 0 Å². The molecule has 0 fully saturated rings. The molecule has 6 nitrogen and oxygen atoms in total. The summed E-state index contributed by atoms with van der Waals surface area (Å²) in [5, 5.41) is 8.36. The molecule has 22 heavy (non-hydrogen) atoms. The predicted molar refractivity (Wildman–Crippen MR) is 82.4 cm³/mol. The third-order valence-corrected chi connectivity index (χ3v) is 3.46. The largest absolute Gasteiger partial charge is 0.451 e. The minimum Gasteiger partial charge on any atom is -0.451 e. The Balaban J connectivity index is 1.64. The molecule has 0 unspecified atom stereocenters. The zero-order chi connectivity index (χ0) is 15.5. The molecule has 0 spiro atoms. The first kappa shape index (κ1) is 14.8. The maximum Gasteiger partial charge on any atom is 0.355 e. The number of halogens is 2. The normalized spacial score (nSPS) is 10.6. The van der Waals surface area contributed by atoms with Gasteiger partial charge in [0.25, 0.3) is 5.89 Å². The monoisotopic (exact) mass is 381 g/mol. The van der Waals surface area contributed by atoms with Crippen LogP contribution in [0, 0.1) is 0 Å². The van der Waals surface area contributed by atoms with E-state index in [0.29, 0.717) is 16.6 Å². The number of carbonyl (C=O) groups excluding carboxylic acids is 1. The van der Waals surface area contributed by atoms with Crippen LogP contribution in [0.25, 0.3) is 11.5 Å². The summed E-state index contributed by atoms with van der Waals surface area (Å²) in [5.74, 6) is 0.0474. The lowest BCUT2D eigenvalue weighted by Gasteiger charge is -1.99. The SMILES string of the molecule is O=C(OCc1nnc(-c2ccc(Cl)cc2)o1)c1cc(Br)c[nH]1. The molecular formula is C14H9BrClN3O3. The van der Waals surface area contributed by atoms with Crippen molar-refractivity contribution in [3.63, 3.8) is 0 Å². The molecule has 0 aliphatic rings. The van der Waals surface area contributed by atoms with Crippen LogP contribution in [0.3, 0.4) is 0 Å². The molecule has 3 aromatic rings. The number of aromatic amines is 1. The van der Waals surface area contributed by atoms with Gasteiger partial charge in [-0.1, -0.05) is 11.6 Å². The van der Waals surface area contributed by atoms with E-state index in [-0.39, 0.29) is 12.5 Å². The summed E-state index contributed by atoms with van der Waals surface area (Å²) in [5.41, 5.74) is 1.08. The van der Waals surface area contributed by atoms with Crippen LogP contribution in [0.5, 0.6) is 0 Å². The highest BCUT2D eigenvalue weighted by molar-refractivity contribution is 9.10. The summed E-state index contributed by atoms with van der Waals surface area (Å²) in [6.07, 6.45) is 1.64. The number of nitrogens with one attached hydrogen (secondary N) is 1. The molecular weight excluding hydrogens is 374 g/mol. The van der Waals surface area contributed by atoms with Crippen LogP contribution in [-0.2, 0) is 11.3 Å². The Morgan fingerprint density at radius 3 is 2.77 bits per heavy atom. The van der Waals surface area contributed by atoms with Gasteiger partial charge in [0.15, 0.2) is 6.61 Å². The Bertz CT molecular complexity index is 798. The van der Waals surface area contributed by atoms with Crippen LogP contribution >= 0.6 is 27.5 Å². The van der Waals surface area contributed by atoms with Crippen molar-refractivity contribution in [2.24, 2.45) is 0 Å². The van der Waals surface area contributed by atoms with Crippen molar-refractivity contribution in [2.45, 2.75) is 6.61 Å². The van der Waals surface area contributed by atoms with Gasteiger partial charge in [0, 0.05) is 21.3 Å². The van der Waals surface area contributed by atoms with E-state index in [1.54, 1.807) is 36.5 Å². The number of nitrogens with zero attached hydrogens (tertiary/aromatic N) is 2. The highest BCUT2D eigenvalue weighted by Crippen LogP contribution is 2.20. The van der Waals surface area contributed by atoms with E-state index in [0.717, 1.165) is 10.0 Å². The molecule has 2 heterocycles. The minimum absolute atomic E-state index is 0.101. The second-order valence-electron chi connectivity index (χ2n) is 4.32. The molecule has 0 aliphatic carbocycles. The summed E-state index contributed by atoms with van der Waals surface area (Å²) in [6.45, 7) is -0.101. The average Bonchev–Trinajstić information content (AvgIpc) is 3.15. The number of aromatic nitrogens is 3. The van der Waals surface area contributed by atoms with Crippen LogP contribution in [0.4, 0.5) is 0 Å². The van der Waals surface area contributed by atoms with Crippen molar-refractivity contribution < 1.29 is 13.9 Å². The van der Waals surface area contributed by atoms with Crippen LogP contribution < -0.4 is 0 Å². The summed E-state index contributed by atoms with van der Waals surface area (Å²) in [7, 11) is 0. The van der Waals surface area contributed by atoms with Crippen LogP contribution in [0.1, 0.15) is 16.4 Å². The Morgan fingerprint density at radius 2 is 2.09 bits per heavy atom. The number of hydrogen-bond donors (Lipinski definition) is 1. The molecule has 0 amide bonds. The number of carbonyl (C=O) groups is 1. The van der Waals surface area contributed by atoms with Gasteiger partial charge in [-0.05, 0) is 46.3 Å². The fourth-order valence-electron chi connectivity index (χ4n) is 1.71. The van der Waals surface area contributed by atoms with Gasteiger partial charge in [-0.3, -0.25) is 0 Å². The number of esters is 1. The Morgan fingerprint density at radius 1 is 1.32 bits per heavy atom. The van der Waals surface area contributed by atoms with Gasteiger partial charge in [0.1, 0.15) is 5.69 Å². The number of rotatable bonds is 4. The first-order valence-corrected chi connectivity index (χ1v) is 7.38. The van der Waals surface area contributed by atoms with E-state index in [1.807, 2.05) is 0 Å². The molecule has 8 heteroatoms. The van der Waals surface area contributed by atoms with Crippen LogP contribution in [0.15, 0.2) is 45.4 Å². The quantitative estimate of drug-likeness (QED) is 0.693. The van der Waals surface area contributed by atoms with Crippen molar-refractivity contribution in [1.82, 2.24) is 15.2 Å². The zero-order valence-corrected chi connectivity index (χ0v) is 13.4. The van der Waals surface area contributed by atoms with Crippen molar-refractivity contribution in [1.29, 1.82) is 0 Å². The molecule has 0 bridgehead atoms. The fraction of sp³-hybridized carbons (Fsp3) is 0.0714. The predicted octanol–water partition coefficient (Wildman–Crippen LogP) is 3.84. The topological polar surface area (TPSA) is 81.0 Å². The van der Waals surface area contributed by atoms with Crippen LogP contribution in [0.2, 0.25) is 5.02 Å². The van der Waals surface area contributed by atoms with Gasteiger partial charge in [-0.2, -0.15) is 0 Å². The first-order valence-electron chi connectivity index (χ1n) is 6.21.